The maximum Gasteiger partial charge on any atom is 0.433 e. The van der Waals surface area contributed by atoms with Gasteiger partial charge in [0.25, 0.3) is 0 Å². The van der Waals surface area contributed by atoms with E-state index in [1.807, 2.05) is 5.10 Å². The summed E-state index contributed by atoms with van der Waals surface area (Å²) in [7, 11) is 0. The molecule has 6 nitrogen and oxygen atoms in total. The third-order valence-corrected chi connectivity index (χ3v) is 3.45. The molecule has 0 radical (unpaired) electrons. The van der Waals surface area contributed by atoms with Gasteiger partial charge in [0.1, 0.15) is 23.1 Å². The third kappa shape index (κ3) is 2.34. The van der Waals surface area contributed by atoms with E-state index in [0.29, 0.717) is 5.56 Å². The lowest BCUT2D eigenvalue weighted by Crippen LogP contribution is -2.22. The summed E-state index contributed by atoms with van der Waals surface area (Å²) in [5.74, 6) is -1.79. The molecule has 0 bridgehead atoms. The van der Waals surface area contributed by atoms with Crippen LogP contribution in [0.3, 0.4) is 0 Å². The van der Waals surface area contributed by atoms with Crippen molar-refractivity contribution in [3.8, 4) is 17.7 Å². The number of alkyl halides is 3. The molecule has 0 amide bonds. The summed E-state index contributed by atoms with van der Waals surface area (Å²) in [5.41, 5.74) is 4.40. The number of phenols is 1. The number of allylic oxidation sites excluding steroid dienone is 1. The van der Waals surface area contributed by atoms with Crippen molar-refractivity contribution in [2.45, 2.75) is 12.1 Å². The fourth-order valence-corrected chi connectivity index (χ4v) is 2.46. The van der Waals surface area contributed by atoms with Crippen LogP contribution in [0.4, 0.5) is 13.2 Å². The summed E-state index contributed by atoms with van der Waals surface area (Å²) in [6, 6.07) is 7.22. The monoisotopic (exact) mass is 322 g/mol. The van der Waals surface area contributed by atoms with Crippen LogP contribution in [0, 0.1) is 11.3 Å². The molecule has 1 aliphatic heterocycles. The molecule has 3 rings (SSSR count). The zero-order chi connectivity index (χ0) is 16.8. The van der Waals surface area contributed by atoms with Gasteiger partial charge in [-0.25, -0.2) is 0 Å². The van der Waals surface area contributed by atoms with Crippen LogP contribution in [-0.4, -0.2) is 15.3 Å². The first-order valence-corrected chi connectivity index (χ1v) is 6.35. The van der Waals surface area contributed by atoms with E-state index in [-0.39, 0.29) is 28.6 Å². The Morgan fingerprint density at radius 2 is 1.96 bits per heavy atom. The van der Waals surface area contributed by atoms with Gasteiger partial charge in [0.05, 0.1) is 11.5 Å². The first kappa shape index (κ1) is 14.8. The minimum atomic E-state index is -4.70. The third-order valence-electron chi connectivity index (χ3n) is 3.45. The number of halogens is 3. The molecule has 0 aliphatic carbocycles. The molecule has 1 aromatic heterocycles. The molecule has 1 atom stereocenters. The van der Waals surface area contributed by atoms with Crippen LogP contribution in [-0.2, 0) is 6.18 Å². The van der Waals surface area contributed by atoms with E-state index in [2.05, 4.69) is 5.10 Å². The molecule has 0 spiro atoms. The minimum Gasteiger partial charge on any atom is -0.508 e. The highest BCUT2D eigenvalue weighted by Crippen LogP contribution is 2.46. The number of rotatable bonds is 1. The molecule has 1 aliphatic rings. The number of phenolic OH excluding ortho intramolecular Hbond substituents is 1. The number of nitriles is 1. The van der Waals surface area contributed by atoms with E-state index < -0.39 is 17.8 Å². The number of H-pyrrole nitrogens is 1. The standard InChI is InChI=1S/C14H9F3N4O2/c15-14(16,17)11-10-9(6-1-3-7(22)4-2-6)8(5-18)12(19)23-13(10)21-20-11/h1-4,9,22H,19H2,(H,20,21)/t9-/m0/s1. The Bertz CT molecular complexity index is 831. The van der Waals surface area contributed by atoms with E-state index >= 15 is 0 Å². The molecule has 2 aromatic rings. The Morgan fingerprint density at radius 3 is 2.52 bits per heavy atom. The topological polar surface area (TPSA) is 108 Å². The van der Waals surface area contributed by atoms with E-state index in [9.17, 15) is 23.5 Å². The summed E-state index contributed by atoms with van der Waals surface area (Å²) >= 11 is 0. The Morgan fingerprint density at radius 1 is 1.30 bits per heavy atom. The first-order chi connectivity index (χ1) is 10.8. The van der Waals surface area contributed by atoms with E-state index in [1.165, 1.54) is 24.3 Å². The second kappa shape index (κ2) is 4.95. The lowest BCUT2D eigenvalue weighted by atomic mass is 9.84. The second-order valence-electron chi connectivity index (χ2n) is 4.83. The molecule has 118 valence electrons. The van der Waals surface area contributed by atoms with Crippen LogP contribution in [0.25, 0.3) is 0 Å². The van der Waals surface area contributed by atoms with Crippen molar-refractivity contribution >= 4 is 0 Å². The molecule has 0 saturated carbocycles. The van der Waals surface area contributed by atoms with E-state index in [4.69, 9.17) is 10.5 Å². The second-order valence-corrected chi connectivity index (χ2v) is 4.83. The van der Waals surface area contributed by atoms with Gasteiger partial charge in [-0.3, -0.25) is 5.10 Å². The van der Waals surface area contributed by atoms with Crippen LogP contribution in [0.2, 0.25) is 0 Å². The van der Waals surface area contributed by atoms with Gasteiger partial charge < -0.3 is 15.6 Å². The van der Waals surface area contributed by atoms with Crippen molar-refractivity contribution in [2.24, 2.45) is 5.73 Å². The highest BCUT2D eigenvalue weighted by molar-refractivity contribution is 5.55. The molecule has 2 heterocycles. The average Bonchev–Trinajstić information content (AvgIpc) is 2.90. The Labute approximate surface area is 127 Å². The predicted octanol–water partition coefficient (Wildman–Crippen LogP) is 2.35. The minimum absolute atomic E-state index is 0.0558. The molecule has 1 aromatic carbocycles. The number of nitrogens with one attached hydrogen (secondary N) is 1. The van der Waals surface area contributed by atoms with Crippen LogP contribution in [0.15, 0.2) is 35.7 Å². The van der Waals surface area contributed by atoms with Crippen LogP contribution >= 0.6 is 0 Å². The summed E-state index contributed by atoms with van der Waals surface area (Å²) in [5, 5.41) is 24.0. The molecule has 0 unspecified atom stereocenters. The van der Waals surface area contributed by atoms with Gasteiger partial charge in [-0.2, -0.15) is 18.4 Å². The Balaban J connectivity index is 2.26. The summed E-state index contributed by atoms with van der Waals surface area (Å²) < 4.78 is 44.6. The summed E-state index contributed by atoms with van der Waals surface area (Å²) in [6.07, 6.45) is -4.70. The number of hydrogen-bond acceptors (Lipinski definition) is 5. The molecule has 0 fully saturated rings. The van der Waals surface area contributed by atoms with Gasteiger partial charge in [0, 0.05) is 0 Å². The predicted molar refractivity (Wildman–Crippen MR) is 71.0 cm³/mol. The Kier molecular flexibility index (Phi) is 3.18. The number of aromatic hydroxyl groups is 1. The smallest absolute Gasteiger partial charge is 0.433 e. The van der Waals surface area contributed by atoms with Gasteiger partial charge in [0.15, 0.2) is 0 Å². The number of benzene rings is 1. The summed E-state index contributed by atoms with van der Waals surface area (Å²) in [4.78, 5) is 0. The number of ether oxygens (including phenoxy) is 1. The fraction of sp³-hybridized carbons (Fsp3) is 0.143. The SMILES string of the molecule is N#CC1=C(N)Oc2n[nH]c(C(F)(F)F)c2[C@H]1c1ccc(O)cc1. The van der Waals surface area contributed by atoms with E-state index in [1.54, 1.807) is 6.07 Å². The lowest BCUT2D eigenvalue weighted by molar-refractivity contribution is -0.141. The average molecular weight is 322 g/mol. The van der Waals surface area contributed by atoms with Gasteiger partial charge in [-0.15, -0.1) is 5.10 Å². The largest absolute Gasteiger partial charge is 0.508 e. The fourth-order valence-electron chi connectivity index (χ4n) is 2.46. The maximum absolute atomic E-state index is 13.2. The van der Waals surface area contributed by atoms with Crippen molar-refractivity contribution in [2.75, 3.05) is 0 Å². The van der Waals surface area contributed by atoms with Crippen molar-refractivity contribution in [1.29, 1.82) is 5.26 Å². The molecule has 4 N–H and O–H groups in total. The zero-order valence-corrected chi connectivity index (χ0v) is 11.3. The van der Waals surface area contributed by atoms with Crippen molar-refractivity contribution in [3.63, 3.8) is 0 Å². The van der Waals surface area contributed by atoms with Crippen LogP contribution < -0.4 is 10.5 Å². The maximum atomic E-state index is 13.2. The van der Waals surface area contributed by atoms with Gasteiger partial charge >= 0.3 is 6.18 Å². The lowest BCUT2D eigenvalue weighted by Gasteiger charge is -2.24. The number of aromatic amines is 1. The highest BCUT2D eigenvalue weighted by atomic mass is 19.4. The summed E-state index contributed by atoms with van der Waals surface area (Å²) in [6.45, 7) is 0. The molecule has 9 heteroatoms. The normalized spacial score (nSPS) is 17.4. The number of nitrogens with zero attached hydrogens (tertiary/aromatic N) is 2. The number of aromatic nitrogens is 2. The zero-order valence-electron chi connectivity index (χ0n) is 11.3. The first-order valence-electron chi connectivity index (χ1n) is 6.35. The van der Waals surface area contributed by atoms with Crippen LogP contribution in [0.1, 0.15) is 22.7 Å². The molecule has 23 heavy (non-hydrogen) atoms. The van der Waals surface area contributed by atoms with Crippen LogP contribution in [0.5, 0.6) is 11.6 Å². The highest BCUT2D eigenvalue weighted by Gasteiger charge is 2.44. The van der Waals surface area contributed by atoms with Gasteiger partial charge in [-0.05, 0) is 17.7 Å². The number of nitrogens with two attached hydrogens (primary N) is 1. The number of hydrogen-bond donors (Lipinski definition) is 3. The molecule has 0 saturated heterocycles. The number of fused-ring (bicyclic) bond motifs is 1. The van der Waals surface area contributed by atoms with Crippen molar-refractivity contribution in [3.05, 3.63) is 52.5 Å². The van der Waals surface area contributed by atoms with Crippen molar-refractivity contribution in [1.82, 2.24) is 10.2 Å². The molecular formula is C14H9F3N4O2. The van der Waals surface area contributed by atoms with Gasteiger partial charge in [0.2, 0.25) is 11.8 Å². The Hall–Kier alpha value is -3.15. The quantitative estimate of drug-likeness (QED) is 0.747. The van der Waals surface area contributed by atoms with Gasteiger partial charge in [-0.1, -0.05) is 12.1 Å². The van der Waals surface area contributed by atoms with E-state index in [0.717, 1.165) is 0 Å². The van der Waals surface area contributed by atoms with Crippen molar-refractivity contribution < 1.29 is 23.0 Å². The molecular weight excluding hydrogens is 313 g/mol.